The molecular weight excluding hydrogens is 192 g/mol. The van der Waals surface area contributed by atoms with Gasteiger partial charge in [-0.15, -0.1) is 0 Å². The fourth-order valence-electron chi connectivity index (χ4n) is 1.60. The highest BCUT2D eigenvalue weighted by molar-refractivity contribution is 5.65. The average molecular weight is 208 g/mol. The van der Waals surface area contributed by atoms with E-state index in [2.05, 4.69) is 11.2 Å². The fourth-order valence-corrected chi connectivity index (χ4v) is 1.60. The standard InChI is InChI=1S/C11H16N2O2/c1-14-6-4-13-8-11(7-12-13)10-3-2-5-15-9-10/h3,7-8H,2,4-6,9H2,1H3. The topological polar surface area (TPSA) is 36.3 Å². The van der Waals surface area contributed by atoms with Crippen LogP contribution in [0.5, 0.6) is 0 Å². The third-order valence-corrected chi connectivity index (χ3v) is 2.44. The number of methoxy groups -OCH3 is 1. The Bertz CT molecular complexity index is 344. The Balaban J connectivity index is 2.02. The monoisotopic (exact) mass is 208 g/mol. The summed E-state index contributed by atoms with van der Waals surface area (Å²) in [5.41, 5.74) is 2.40. The molecule has 4 heteroatoms. The molecule has 82 valence electrons. The van der Waals surface area contributed by atoms with E-state index in [9.17, 15) is 0 Å². The van der Waals surface area contributed by atoms with Gasteiger partial charge in [-0.3, -0.25) is 4.68 Å². The predicted molar refractivity (Wildman–Crippen MR) is 57.5 cm³/mol. The Hall–Kier alpha value is -1.13. The SMILES string of the molecule is COCCn1cc(C2=CCCOC2)cn1. The van der Waals surface area contributed by atoms with Crippen molar-refractivity contribution in [2.75, 3.05) is 26.9 Å². The van der Waals surface area contributed by atoms with Gasteiger partial charge < -0.3 is 9.47 Å². The molecule has 2 rings (SSSR count). The van der Waals surface area contributed by atoms with Gasteiger partial charge in [0, 0.05) is 18.9 Å². The maximum absolute atomic E-state index is 5.40. The Morgan fingerprint density at radius 2 is 2.53 bits per heavy atom. The molecule has 0 bridgehead atoms. The van der Waals surface area contributed by atoms with Crippen LogP contribution in [0.3, 0.4) is 0 Å². The van der Waals surface area contributed by atoms with E-state index in [-0.39, 0.29) is 0 Å². The molecule has 15 heavy (non-hydrogen) atoms. The minimum absolute atomic E-state index is 0.691. The van der Waals surface area contributed by atoms with Crippen LogP contribution in [0.2, 0.25) is 0 Å². The summed E-state index contributed by atoms with van der Waals surface area (Å²) in [5.74, 6) is 0. The lowest BCUT2D eigenvalue weighted by molar-refractivity contribution is 0.164. The van der Waals surface area contributed by atoms with Gasteiger partial charge in [-0.1, -0.05) is 6.08 Å². The molecule has 1 aromatic rings. The highest BCUT2D eigenvalue weighted by Gasteiger charge is 2.08. The number of aromatic nitrogens is 2. The van der Waals surface area contributed by atoms with Gasteiger partial charge in [0.2, 0.25) is 0 Å². The minimum Gasteiger partial charge on any atom is -0.383 e. The second-order valence-electron chi connectivity index (χ2n) is 3.56. The summed E-state index contributed by atoms with van der Waals surface area (Å²) in [4.78, 5) is 0. The van der Waals surface area contributed by atoms with Crippen LogP contribution in [0.25, 0.3) is 5.57 Å². The first-order valence-corrected chi connectivity index (χ1v) is 5.18. The third-order valence-electron chi connectivity index (χ3n) is 2.44. The summed E-state index contributed by atoms with van der Waals surface area (Å²) < 4.78 is 12.3. The molecule has 1 aliphatic heterocycles. The van der Waals surface area contributed by atoms with E-state index in [1.54, 1.807) is 7.11 Å². The first kappa shape index (κ1) is 10.4. The molecule has 0 fully saturated rings. The van der Waals surface area contributed by atoms with Gasteiger partial charge in [0.1, 0.15) is 0 Å². The molecule has 0 atom stereocenters. The van der Waals surface area contributed by atoms with Crippen molar-refractivity contribution in [2.24, 2.45) is 0 Å². The zero-order valence-electron chi connectivity index (χ0n) is 8.98. The molecular formula is C11H16N2O2. The molecule has 0 N–H and O–H groups in total. The summed E-state index contributed by atoms with van der Waals surface area (Å²) in [7, 11) is 1.70. The van der Waals surface area contributed by atoms with E-state index >= 15 is 0 Å². The van der Waals surface area contributed by atoms with Crippen molar-refractivity contribution < 1.29 is 9.47 Å². The number of hydrogen-bond acceptors (Lipinski definition) is 3. The van der Waals surface area contributed by atoms with Crippen LogP contribution in [0, 0.1) is 0 Å². The lowest BCUT2D eigenvalue weighted by Crippen LogP contribution is -2.05. The molecule has 0 saturated carbocycles. The van der Waals surface area contributed by atoms with E-state index in [0.29, 0.717) is 13.2 Å². The summed E-state index contributed by atoms with van der Waals surface area (Å²) >= 11 is 0. The van der Waals surface area contributed by atoms with Crippen molar-refractivity contribution in [3.05, 3.63) is 24.0 Å². The highest BCUT2D eigenvalue weighted by atomic mass is 16.5. The lowest BCUT2D eigenvalue weighted by Gasteiger charge is -2.11. The van der Waals surface area contributed by atoms with E-state index in [4.69, 9.17) is 9.47 Å². The van der Waals surface area contributed by atoms with Crippen LogP contribution in [-0.2, 0) is 16.0 Å². The van der Waals surface area contributed by atoms with Crippen LogP contribution < -0.4 is 0 Å². The Kier molecular flexibility index (Phi) is 3.53. The second kappa shape index (κ2) is 5.09. The molecule has 4 nitrogen and oxygen atoms in total. The second-order valence-corrected chi connectivity index (χ2v) is 3.56. The van der Waals surface area contributed by atoms with Crippen LogP contribution >= 0.6 is 0 Å². The maximum Gasteiger partial charge on any atom is 0.0720 e. The van der Waals surface area contributed by atoms with Gasteiger partial charge in [0.05, 0.1) is 32.6 Å². The lowest BCUT2D eigenvalue weighted by atomic mass is 10.1. The number of ether oxygens (including phenoxy) is 2. The minimum atomic E-state index is 0.691. The van der Waals surface area contributed by atoms with Gasteiger partial charge >= 0.3 is 0 Å². The largest absolute Gasteiger partial charge is 0.383 e. The summed E-state index contributed by atoms with van der Waals surface area (Å²) in [6.45, 7) is 3.03. The summed E-state index contributed by atoms with van der Waals surface area (Å²) in [6.07, 6.45) is 7.15. The summed E-state index contributed by atoms with van der Waals surface area (Å²) in [6, 6.07) is 0. The predicted octanol–water partition coefficient (Wildman–Crippen LogP) is 1.33. The third kappa shape index (κ3) is 2.67. The van der Waals surface area contributed by atoms with Crippen LogP contribution in [0.15, 0.2) is 18.5 Å². The van der Waals surface area contributed by atoms with E-state index in [1.807, 2.05) is 17.1 Å². The molecule has 0 aromatic carbocycles. The molecule has 0 radical (unpaired) electrons. The Morgan fingerprint density at radius 3 is 3.27 bits per heavy atom. The van der Waals surface area contributed by atoms with E-state index in [1.165, 1.54) is 5.57 Å². The van der Waals surface area contributed by atoms with E-state index in [0.717, 1.165) is 25.1 Å². The van der Waals surface area contributed by atoms with Crippen molar-refractivity contribution in [1.29, 1.82) is 0 Å². The smallest absolute Gasteiger partial charge is 0.0720 e. The zero-order valence-corrected chi connectivity index (χ0v) is 8.98. The molecule has 0 unspecified atom stereocenters. The summed E-state index contributed by atoms with van der Waals surface area (Å²) in [5, 5.41) is 4.27. The van der Waals surface area contributed by atoms with Gasteiger partial charge in [-0.05, 0) is 12.0 Å². The van der Waals surface area contributed by atoms with Crippen LogP contribution in [0.4, 0.5) is 0 Å². The first-order chi connectivity index (χ1) is 7.40. The van der Waals surface area contributed by atoms with Crippen molar-refractivity contribution in [3.8, 4) is 0 Å². The van der Waals surface area contributed by atoms with Crippen molar-refractivity contribution in [2.45, 2.75) is 13.0 Å². The maximum atomic E-state index is 5.40. The molecule has 0 saturated heterocycles. The molecule has 1 aliphatic rings. The molecule has 1 aromatic heterocycles. The highest BCUT2D eigenvalue weighted by Crippen LogP contribution is 2.17. The molecule has 0 amide bonds. The fraction of sp³-hybridized carbons (Fsp3) is 0.545. The van der Waals surface area contributed by atoms with Gasteiger partial charge in [-0.2, -0.15) is 5.10 Å². The molecule has 0 spiro atoms. The molecule has 0 aliphatic carbocycles. The van der Waals surface area contributed by atoms with E-state index < -0.39 is 0 Å². The number of rotatable bonds is 4. The van der Waals surface area contributed by atoms with Crippen LogP contribution in [0.1, 0.15) is 12.0 Å². The first-order valence-electron chi connectivity index (χ1n) is 5.18. The average Bonchev–Trinajstić information content (AvgIpc) is 2.76. The Labute approximate surface area is 89.5 Å². The Morgan fingerprint density at radius 1 is 1.60 bits per heavy atom. The van der Waals surface area contributed by atoms with Crippen molar-refractivity contribution in [3.63, 3.8) is 0 Å². The van der Waals surface area contributed by atoms with Gasteiger partial charge in [-0.25, -0.2) is 0 Å². The molecule has 2 heterocycles. The van der Waals surface area contributed by atoms with Gasteiger partial charge in [0.25, 0.3) is 0 Å². The normalized spacial score (nSPS) is 16.5. The number of hydrogen-bond donors (Lipinski definition) is 0. The van der Waals surface area contributed by atoms with Crippen molar-refractivity contribution in [1.82, 2.24) is 9.78 Å². The number of nitrogens with zero attached hydrogens (tertiary/aromatic N) is 2. The van der Waals surface area contributed by atoms with Gasteiger partial charge in [0.15, 0.2) is 0 Å². The van der Waals surface area contributed by atoms with Crippen LogP contribution in [-0.4, -0.2) is 36.7 Å². The zero-order chi connectivity index (χ0) is 10.5. The quantitative estimate of drug-likeness (QED) is 0.749. The van der Waals surface area contributed by atoms with Crippen molar-refractivity contribution >= 4 is 5.57 Å².